The van der Waals surface area contributed by atoms with Crippen LogP contribution in [0.15, 0.2) is 29.3 Å². The number of primary amides is 1. The number of hydrogen-bond donors (Lipinski definition) is 5. The largest absolute Gasteiger partial charge is 0.370 e. The first-order chi connectivity index (χ1) is 20.5. The van der Waals surface area contributed by atoms with Gasteiger partial charge in [-0.2, -0.15) is 0 Å². The van der Waals surface area contributed by atoms with Crippen molar-refractivity contribution in [1.29, 1.82) is 0 Å². The second-order valence-electron chi connectivity index (χ2n) is 12.0. The summed E-state index contributed by atoms with van der Waals surface area (Å²) in [5.41, 5.74) is 18.3. The molecule has 5 amide bonds. The van der Waals surface area contributed by atoms with E-state index in [2.05, 4.69) is 15.6 Å². The zero-order valence-electron chi connectivity index (χ0n) is 25.0. The number of nitrogens with zero attached hydrogens (tertiary/aromatic N) is 3. The highest BCUT2D eigenvalue weighted by atomic mass is 16.2. The van der Waals surface area contributed by atoms with E-state index < -0.39 is 41.9 Å². The number of carbonyl (C=O) groups excluding carboxylic acids is 5. The lowest BCUT2D eigenvalue weighted by Gasteiger charge is -2.35. The van der Waals surface area contributed by atoms with Crippen LogP contribution in [0.3, 0.4) is 0 Å². The van der Waals surface area contributed by atoms with Crippen molar-refractivity contribution in [3.05, 3.63) is 35.4 Å². The van der Waals surface area contributed by atoms with Crippen molar-refractivity contribution in [2.75, 3.05) is 13.1 Å². The molecule has 3 aliphatic rings. The Morgan fingerprint density at radius 2 is 1.65 bits per heavy atom. The molecule has 0 bridgehead atoms. The molecule has 2 aliphatic heterocycles. The van der Waals surface area contributed by atoms with Gasteiger partial charge in [-0.25, -0.2) is 4.99 Å². The minimum atomic E-state index is -0.975. The van der Waals surface area contributed by atoms with Gasteiger partial charge in [0.25, 0.3) is 0 Å². The molecule has 0 aromatic heterocycles. The third-order valence-electron chi connectivity index (χ3n) is 8.87. The van der Waals surface area contributed by atoms with Crippen LogP contribution in [0, 0.1) is 12.8 Å². The normalized spacial score (nSPS) is 24.4. The summed E-state index contributed by atoms with van der Waals surface area (Å²) in [5.74, 6) is -2.26. The van der Waals surface area contributed by atoms with Gasteiger partial charge in [0.1, 0.15) is 30.7 Å². The quantitative estimate of drug-likeness (QED) is 0.176. The number of aliphatic imine (C=N–C) groups is 1. The van der Waals surface area contributed by atoms with Gasteiger partial charge in [0.15, 0.2) is 5.96 Å². The van der Waals surface area contributed by atoms with E-state index >= 15 is 0 Å². The Bertz CT molecular complexity index is 1250. The van der Waals surface area contributed by atoms with Gasteiger partial charge in [-0.1, -0.05) is 42.7 Å². The fraction of sp³-hybridized carbons (Fsp3) is 0.600. The molecule has 234 valence electrons. The smallest absolute Gasteiger partial charge is 0.246 e. The van der Waals surface area contributed by atoms with Gasteiger partial charge in [0.05, 0.1) is 0 Å². The van der Waals surface area contributed by atoms with E-state index in [1.807, 2.05) is 31.2 Å². The maximum Gasteiger partial charge on any atom is 0.246 e. The topological polar surface area (TPSA) is 206 Å². The lowest BCUT2D eigenvalue weighted by molar-refractivity contribution is -0.147. The first-order valence-corrected chi connectivity index (χ1v) is 15.1. The molecule has 13 nitrogen and oxygen atoms in total. The first kappa shape index (κ1) is 31.8. The fourth-order valence-corrected chi connectivity index (χ4v) is 6.63. The van der Waals surface area contributed by atoms with E-state index in [9.17, 15) is 24.0 Å². The molecule has 6 atom stereocenters. The Labute approximate surface area is 252 Å². The fourth-order valence-electron chi connectivity index (χ4n) is 6.63. The maximum absolute atomic E-state index is 13.9. The van der Waals surface area contributed by atoms with Crippen LogP contribution in [0.4, 0.5) is 0 Å². The Hall–Kier alpha value is -4.16. The summed E-state index contributed by atoms with van der Waals surface area (Å²) in [4.78, 5) is 72.6. The van der Waals surface area contributed by atoms with Crippen LogP contribution in [0.1, 0.15) is 63.0 Å². The number of nitrogens with one attached hydrogen (secondary N) is 2. The van der Waals surface area contributed by atoms with E-state index in [1.54, 1.807) is 4.90 Å². The highest BCUT2D eigenvalue weighted by Gasteiger charge is 2.50. The van der Waals surface area contributed by atoms with Crippen molar-refractivity contribution < 1.29 is 24.0 Å². The van der Waals surface area contributed by atoms with Gasteiger partial charge in [-0.3, -0.25) is 24.0 Å². The minimum absolute atomic E-state index is 0.0545. The Balaban J connectivity index is 1.40. The highest BCUT2D eigenvalue weighted by molar-refractivity contribution is 5.96. The molecule has 1 aromatic carbocycles. The van der Waals surface area contributed by atoms with Crippen molar-refractivity contribution in [3.63, 3.8) is 0 Å². The second kappa shape index (κ2) is 13.9. The molecular weight excluding hydrogens is 552 g/mol. The van der Waals surface area contributed by atoms with Crippen LogP contribution in [0.25, 0.3) is 0 Å². The number of nitrogens with two attached hydrogens (primary N) is 3. The molecule has 8 N–H and O–H groups in total. The number of benzene rings is 1. The van der Waals surface area contributed by atoms with Crippen LogP contribution in [0.5, 0.6) is 0 Å². The predicted octanol–water partition coefficient (Wildman–Crippen LogP) is -0.564. The van der Waals surface area contributed by atoms with Crippen LogP contribution >= 0.6 is 0 Å². The van der Waals surface area contributed by atoms with E-state index in [0.29, 0.717) is 25.8 Å². The summed E-state index contributed by atoms with van der Waals surface area (Å²) in [6.45, 7) is 3.61. The number of hydrogen-bond acceptors (Lipinski definition) is 6. The number of amides is 5. The second-order valence-corrected chi connectivity index (χ2v) is 12.0. The standard InChI is InChI=1S/C30H44N8O5/c1-17-9-11-19(12-10-17)14-21(26(31)40)36-27(41)18(2)35-28(42)23-8-5-13-37(23)29(43)24-15-20-6-3-4-7-22(20)38(24)25(39)16-34-30(32)33/h9-12,18,20-24H,3-8,13-16H2,1-2H3,(H2,31,40)(H,35,42)(H,36,41)(H4,32,33,34)/t18-,20+,21+,22+,23+,24+/m1/s1. The molecule has 1 aliphatic carbocycles. The number of fused-ring (bicyclic) bond motifs is 1. The van der Waals surface area contributed by atoms with E-state index in [-0.39, 0.29) is 42.7 Å². The molecule has 0 unspecified atom stereocenters. The monoisotopic (exact) mass is 596 g/mol. The first-order valence-electron chi connectivity index (χ1n) is 15.1. The average molecular weight is 597 g/mol. The Kier molecular flexibility index (Phi) is 10.3. The molecule has 1 aromatic rings. The molecule has 2 saturated heterocycles. The van der Waals surface area contributed by atoms with Gasteiger partial charge in [-0.15, -0.1) is 0 Å². The number of likely N-dealkylation sites (tertiary alicyclic amines) is 2. The van der Waals surface area contributed by atoms with Crippen LogP contribution < -0.4 is 27.8 Å². The van der Waals surface area contributed by atoms with E-state index in [1.165, 1.54) is 11.8 Å². The van der Waals surface area contributed by atoms with Gasteiger partial charge >= 0.3 is 0 Å². The summed E-state index contributed by atoms with van der Waals surface area (Å²) in [7, 11) is 0. The average Bonchev–Trinajstić information content (AvgIpc) is 3.62. The van der Waals surface area contributed by atoms with Crippen molar-refractivity contribution in [1.82, 2.24) is 20.4 Å². The zero-order valence-corrected chi connectivity index (χ0v) is 25.0. The van der Waals surface area contributed by atoms with Crippen molar-refractivity contribution in [2.45, 2.75) is 95.4 Å². The molecule has 13 heteroatoms. The maximum atomic E-state index is 13.9. The van der Waals surface area contributed by atoms with Crippen LogP contribution in [0.2, 0.25) is 0 Å². The zero-order chi connectivity index (χ0) is 31.3. The third-order valence-corrected chi connectivity index (χ3v) is 8.87. The molecule has 43 heavy (non-hydrogen) atoms. The van der Waals surface area contributed by atoms with Crippen LogP contribution in [-0.2, 0) is 30.4 Å². The minimum Gasteiger partial charge on any atom is -0.370 e. The van der Waals surface area contributed by atoms with Crippen molar-refractivity contribution in [3.8, 4) is 0 Å². The molecule has 4 rings (SSSR count). The Morgan fingerprint density at radius 1 is 0.953 bits per heavy atom. The van der Waals surface area contributed by atoms with Gasteiger partial charge < -0.3 is 37.6 Å². The molecule has 0 radical (unpaired) electrons. The molecule has 1 saturated carbocycles. The number of carbonyl (C=O) groups is 5. The van der Waals surface area contributed by atoms with E-state index in [0.717, 1.165) is 36.8 Å². The summed E-state index contributed by atoms with van der Waals surface area (Å²) in [6.07, 6.45) is 5.59. The number of aryl methyl sites for hydroxylation is 1. The third kappa shape index (κ3) is 7.63. The van der Waals surface area contributed by atoms with E-state index in [4.69, 9.17) is 17.2 Å². The Morgan fingerprint density at radius 3 is 2.33 bits per heavy atom. The van der Waals surface area contributed by atoms with Crippen LogP contribution in [-0.4, -0.2) is 88.6 Å². The SMILES string of the molecule is Cc1ccc(C[C@H](NC(=O)[C@@H](C)NC(=O)[C@@H]2CCCN2C(=O)[C@@H]2C[C@@H]3CCCC[C@@H]3N2C(=O)CN=C(N)N)C(N)=O)cc1. The molecule has 3 fully saturated rings. The van der Waals surface area contributed by atoms with Crippen molar-refractivity contribution >= 4 is 35.5 Å². The molecule has 0 spiro atoms. The lowest BCUT2D eigenvalue weighted by atomic mass is 9.84. The van der Waals surface area contributed by atoms with Gasteiger partial charge in [0, 0.05) is 19.0 Å². The molecular formula is C30H44N8O5. The summed E-state index contributed by atoms with van der Waals surface area (Å²) >= 11 is 0. The number of guanidine groups is 1. The summed E-state index contributed by atoms with van der Waals surface area (Å²) in [5, 5.41) is 5.35. The van der Waals surface area contributed by atoms with Gasteiger partial charge in [0.2, 0.25) is 29.5 Å². The van der Waals surface area contributed by atoms with Gasteiger partial charge in [-0.05, 0) is 57.4 Å². The highest BCUT2D eigenvalue weighted by Crippen LogP contribution is 2.41. The summed E-state index contributed by atoms with van der Waals surface area (Å²) < 4.78 is 0. The van der Waals surface area contributed by atoms with Crippen molar-refractivity contribution in [2.24, 2.45) is 28.1 Å². The predicted molar refractivity (Wildman–Crippen MR) is 160 cm³/mol. The number of rotatable bonds is 10. The summed E-state index contributed by atoms with van der Waals surface area (Å²) in [6, 6.07) is 4.09. The molecule has 2 heterocycles. The lowest BCUT2D eigenvalue weighted by Crippen LogP contribution is -2.57.